The van der Waals surface area contributed by atoms with E-state index >= 15 is 0 Å². The number of hydrogen-bond acceptors (Lipinski definition) is 4. The molecule has 0 bridgehead atoms. The summed E-state index contributed by atoms with van der Waals surface area (Å²) in [6.45, 7) is 1.65. The van der Waals surface area contributed by atoms with E-state index in [4.69, 9.17) is 0 Å². The van der Waals surface area contributed by atoms with Crippen molar-refractivity contribution in [2.45, 2.75) is 38.0 Å². The first-order valence-corrected chi connectivity index (χ1v) is 10.3. The number of nitrogens with zero attached hydrogens (tertiary/aromatic N) is 2. The number of benzene rings is 1. The van der Waals surface area contributed by atoms with E-state index < -0.39 is 24.0 Å². The number of rotatable bonds is 8. The Labute approximate surface area is 189 Å². The predicted octanol–water partition coefficient (Wildman–Crippen LogP) is 4.69. The SMILES string of the molecule is CNC(=O)[C@@H](N[C@H](CCc1ccc(C(F)(F)F)nc1)c1ccc(F)c(C)c1)c1cccnc1. The summed E-state index contributed by atoms with van der Waals surface area (Å²) in [7, 11) is 1.53. The van der Waals surface area contributed by atoms with Crippen molar-refractivity contribution in [1.29, 1.82) is 0 Å². The lowest BCUT2D eigenvalue weighted by Gasteiger charge is -2.26. The molecule has 33 heavy (non-hydrogen) atoms. The number of amides is 1. The van der Waals surface area contributed by atoms with Crippen LogP contribution in [0.2, 0.25) is 0 Å². The first kappa shape index (κ1) is 24.3. The molecule has 0 aliphatic heterocycles. The highest BCUT2D eigenvalue weighted by molar-refractivity contribution is 5.82. The second-order valence-corrected chi connectivity index (χ2v) is 7.65. The lowest BCUT2D eigenvalue weighted by Crippen LogP contribution is -2.38. The minimum atomic E-state index is -4.50. The van der Waals surface area contributed by atoms with Gasteiger partial charge in [0, 0.05) is 31.7 Å². The van der Waals surface area contributed by atoms with Gasteiger partial charge in [-0.3, -0.25) is 20.1 Å². The first-order valence-electron chi connectivity index (χ1n) is 10.3. The summed E-state index contributed by atoms with van der Waals surface area (Å²) in [5.41, 5.74) is 1.52. The summed E-state index contributed by atoms with van der Waals surface area (Å²) < 4.78 is 52.2. The first-order chi connectivity index (χ1) is 15.7. The molecule has 174 valence electrons. The van der Waals surface area contributed by atoms with Gasteiger partial charge in [-0.1, -0.05) is 24.3 Å². The summed E-state index contributed by atoms with van der Waals surface area (Å²) in [4.78, 5) is 20.2. The van der Waals surface area contributed by atoms with Gasteiger partial charge in [0.25, 0.3) is 0 Å². The molecule has 0 aliphatic rings. The van der Waals surface area contributed by atoms with Crippen molar-refractivity contribution in [3.05, 3.63) is 94.8 Å². The summed E-state index contributed by atoms with van der Waals surface area (Å²) >= 11 is 0. The minimum absolute atomic E-state index is 0.275. The maximum atomic E-state index is 13.9. The number of hydrogen-bond donors (Lipinski definition) is 2. The number of aryl methyl sites for hydroxylation is 2. The quantitative estimate of drug-likeness (QED) is 0.479. The monoisotopic (exact) mass is 460 g/mol. The molecule has 1 aromatic carbocycles. The van der Waals surface area contributed by atoms with E-state index in [1.165, 1.54) is 25.4 Å². The summed E-state index contributed by atoms with van der Waals surface area (Å²) in [5, 5.41) is 5.94. The minimum Gasteiger partial charge on any atom is -0.358 e. The molecule has 5 nitrogen and oxygen atoms in total. The molecular formula is C24H24F4N4O. The van der Waals surface area contributed by atoms with Gasteiger partial charge in [0.1, 0.15) is 17.6 Å². The Balaban J connectivity index is 1.87. The van der Waals surface area contributed by atoms with Gasteiger partial charge < -0.3 is 5.32 Å². The summed E-state index contributed by atoms with van der Waals surface area (Å²) in [5.74, 6) is -0.623. The number of likely N-dealkylation sites (N-methyl/N-ethyl adjacent to an activating group) is 1. The lowest BCUT2D eigenvalue weighted by atomic mass is 9.96. The van der Waals surface area contributed by atoms with Crippen LogP contribution in [0.3, 0.4) is 0 Å². The number of alkyl halides is 3. The molecule has 3 aromatic rings. The Morgan fingerprint density at radius 1 is 1.09 bits per heavy atom. The number of pyridine rings is 2. The number of halogens is 4. The zero-order valence-corrected chi connectivity index (χ0v) is 18.2. The molecule has 2 heterocycles. The highest BCUT2D eigenvalue weighted by Gasteiger charge is 2.32. The van der Waals surface area contributed by atoms with Crippen LogP contribution in [-0.4, -0.2) is 22.9 Å². The molecule has 0 unspecified atom stereocenters. The van der Waals surface area contributed by atoms with E-state index in [0.29, 0.717) is 29.5 Å². The van der Waals surface area contributed by atoms with Gasteiger partial charge in [0.05, 0.1) is 0 Å². The number of aromatic nitrogens is 2. The molecule has 9 heteroatoms. The fourth-order valence-electron chi connectivity index (χ4n) is 3.50. The molecule has 3 rings (SSSR count). The Morgan fingerprint density at radius 3 is 2.45 bits per heavy atom. The maximum absolute atomic E-state index is 13.9. The highest BCUT2D eigenvalue weighted by atomic mass is 19.4. The van der Waals surface area contributed by atoms with E-state index in [1.54, 1.807) is 43.6 Å². The molecule has 0 aliphatic carbocycles. The van der Waals surface area contributed by atoms with Gasteiger partial charge in [-0.05, 0) is 60.2 Å². The normalized spacial score (nSPS) is 13.4. The zero-order valence-electron chi connectivity index (χ0n) is 18.2. The van der Waals surface area contributed by atoms with Gasteiger partial charge in [-0.2, -0.15) is 13.2 Å². The molecule has 0 spiro atoms. The fourth-order valence-corrected chi connectivity index (χ4v) is 3.50. The van der Waals surface area contributed by atoms with Crippen LogP contribution in [0.4, 0.5) is 17.6 Å². The average molecular weight is 460 g/mol. The third-order valence-electron chi connectivity index (χ3n) is 5.32. The second-order valence-electron chi connectivity index (χ2n) is 7.65. The topological polar surface area (TPSA) is 66.9 Å². The molecule has 0 radical (unpaired) electrons. The van der Waals surface area contributed by atoms with E-state index in [2.05, 4.69) is 20.6 Å². The molecule has 1 amide bonds. The van der Waals surface area contributed by atoms with Crippen LogP contribution in [0.15, 0.2) is 61.1 Å². The second kappa shape index (κ2) is 10.5. The Morgan fingerprint density at radius 2 is 1.88 bits per heavy atom. The van der Waals surface area contributed by atoms with E-state index in [-0.39, 0.29) is 11.7 Å². The fraction of sp³-hybridized carbons (Fsp3) is 0.292. The Kier molecular flexibility index (Phi) is 7.75. The van der Waals surface area contributed by atoms with Crippen LogP contribution in [0, 0.1) is 12.7 Å². The number of carbonyl (C=O) groups is 1. The van der Waals surface area contributed by atoms with Crippen molar-refractivity contribution in [2.75, 3.05) is 7.05 Å². The lowest BCUT2D eigenvalue weighted by molar-refractivity contribution is -0.141. The van der Waals surface area contributed by atoms with Crippen molar-refractivity contribution < 1.29 is 22.4 Å². The van der Waals surface area contributed by atoms with Crippen molar-refractivity contribution in [3.8, 4) is 0 Å². The maximum Gasteiger partial charge on any atom is 0.433 e. The summed E-state index contributed by atoms with van der Waals surface area (Å²) in [6.07, 6.45) is 0.715. The highest BCUT2D eigenvalue weighted by Crippen LogP contribution is 2.29. The molecule has 0 saturated carbocycles. The van der Waals surface area contributed by atoms with Gasteiger partial charge >= 0.3 is 6.18 Å². The third-order valence-corrected chi connectivity index (χ3v) is 5.32. The van der Waals surface area contributed by atoms with Crippen LogP contribution in [-0.2, 0) is 17.4 Å². The zero-order chi connectivity index (χ0) is 24.0. The number of carbonyl (C=O) groups excluding carboxylic acids is 1. The van der Waals surface area contributed by atoms with Crippen LogP contribution in [0.1, 0.15) is 46.5 Å². The molecule has 2 atom stereocenters. The Bertz CT molecular complexity index is 1070. The van der Waals surface area contributed by atoms with Crippen LogP contribution in [0.5, 0.6) is 0 Å². The van der Waals surface area contributed by atoms with Crippen LogP contribution in [0.25, 0.3) is 0 Å². The largest absolute Gasteiger partial charge is 0.433 e. The van der Waals surface area contributed by atoms with E-state index in [0.717, 1.165) is 11.6 Å². The summed E-state index contributed by atoms with van der Waals surface area (Å²) in [6, 6.07) is 9.39. The number of nitrogens with one attached hydrogen (secondary N) is 2. The average Bonchev–Trinajstić information content (AvgIpc) is 2.81. The molecule has 0 fully saturated rings. The third kappa shape index (κ3) is 6.35. The van der Waals surface area contributed by atoms with Crippen molar-refractivity contribution in [3.63, 3.8) is 0 Å². The van der Waals surface area contributed by atoms with Crippen molar-refractivity contribution in [2.24, 2.45) is 0 Å². The van der Waals surface area contributed by atoms with E-state index in [1.807, 2.05) is 0 Å². The molecular weight excluding hydrogens is 436 g/mol. The van der Waals surface area contributed by atoms with Crippen molar-refractivity contribution in [1.82, 2.24) is 20.6 Å². The Hall–Kier alpha value is -3.33. The van der Waals surface area contributed by atoms with E-state index in [9.17, 15) is 22.4 Å². The molecule has 0 saturated heterocycles. The van der Waals surface area contributed by atoms with Crippen LogP contribution < -0.4 is 10.6 Å². The van der Waals surface area contributed by atoms with Gasteiger partial charge in [0.15, 0.2) is 0 Å². The molecule has 2 aromatic heterocycles. The van der Waals surface area contributed by atoms with Gasteiger partial charge in [-0.25, -0.2) is 4.39 Å². The standard InChI is InChI=1S/C24H24F4N4O/c1-15-12-17(7-8-19(15)25)20(9-5-16-6-10-21(31-13-16)24(26,27)28)32-22(23(33)29-2)18-4-3-11-30-14-18/h3-4,6-8,10-14,20,22,32H,5,9H2,1-2H3,(H,29,33)/t20-,22+/m1/s1. The van der Waals surface area contributed by atoms with Gasteiger partial charge in [0.2, 0.25) is 5.91 Å². The smallest absolute Gasteiger partial charge is 0.358 e. The van der Waals surface area contributed by atoms with Crippen LogP contribution >= 0.6 is 0 Å². The molecule has 2 N–H and O–H groups in total. The predicted molar refractivity (Wildman–Crippen MR) is 116 cm³/mol. The van der Waals surface area contributed by atoms with Gasteiger partial charge in [-0.15, -0.1) is 0 Å². The van der Waals surface area contributed by atoms with Crippen molar-refractivity contribution >= 4 is 5.91 Å².